The summed E-state index contributed by atoms with van der Waals surface area (Å²) in [7, 11) is 3.29. The zero-order valence-electron chi connectivity index (χ0n) is 27.2. The van der Waals surface area contributed by atoms with E-state index in [1.54, 1.807) is 50.1 Å². The highest BCUT2D eigenvalue weighted by Gasteiger charge is 2.44. The highest BCUT2D eigenvalue weighted by atomic mass is 33.1. The van der Waals surface area contributed by atoms with Crippen LogP contribution in [-0.2, 0) is 19.6 Å². The summed E-state index contributed by atoms with van der Waals surface area (Å²) in [4.78, 5) is 27.5. The number of hydrogen-bond acceptors (Lipinski definition) is 9. The summed E-state index contributed by atoms with van der Waals surface area (Å²) in [6.45, 7) is 5.20. The fourth-order valence-electron chi connectivity index (χ4n) is 5.63. The van der Waals surface area contributed by atoms with E-state index < -0.39 is 35.7 Å². The molecule has 2 heterocycles. The Morgan fingerprint density at radius 3 is 1.96 bits per heavy atom. The highest BCUT2D eigenvalue weighted by molar-refractivity contribution is 8.86. The van der Waals surface area contributed by atoms with E-state index in [-0.39, 0.29) is 12.7 Å². The van der Waals surface area contributed by atoms with Crippen LogP contribution in [0.4, 0.5) is 0 Å². The van der Waals surface area contributed by atoms with Crippen molar-refractivity contribution in [1.29, 1.82) is 0 Å². The van der Waals surface area contributed by atoms with E-state index in [9.17, 15) is 9.59 Å². The van der Waals surface area contributed by atoms with Gasteiger partial charge in [-0.05, 0) is 59.4 Å². The quantitative estimate of drug-likeness (QED) is 0.102. The summed E-state index contributed by atoms with van der Waals surface area (Å²) >= 11 is 3.57. The van der Waals surface area contributed by atoms with Crippen LogP contribution >= 0.6 is 29.3 Å². The van der Waals surface area contributed by atoms with Gasteiger partial charge in [-0.2, -0.15) is 0 Å². The number of aromatic amines is 1. The van der Waals surface area contributed by atoms with Gasteiger partial charge in [-0.3, -0.25) is 14.3 Å². The van der Waals surface area contributed by atoms with Crippen LogP contribution in [0.5, 0.6) is 11.5 Å². The summed E-state index contributed by atoms with van der Waals surface area (Å²) in [6.07, 6.45) is 0.470. The second kappa shape index (κ2) is 16.4. The molecule has 1 fully saturated rings. The Labute approximate surface area is 284 Å². The predicted molar refractivity (Wildman–Crippen MR) is 191 cm³/mol. The Bertz CT molecular complexity index is 1650. The number of aromatic nitrogens is 2. The molecule has 1 aliphatic heterocycles. The molecular formula is C35H41N2O7PS2. The molecule has 3 atom stereocenters. The SMILES string of the molecule is CCSP(O[C@H]1C[C@H](n2cc(C)c(=O)[nH]c2=O)O[C@@H]1COC(c1ccccc1)(c1ccc(OC)cc1)c1ccc(OC)cc1)SCC. The summed E-state index contributed by atoms with van der Waals surface area (Å²) in [5, 5.41) is 0. The molecule has 1 aliphatic rings. The van der Waals surface area contributed by atoms with Crippen molar-refractivity contribution < 1.29 is 23.5 Å². The summed E-state index contributed by atoms with van der Waals surface area (Å²) in [6, 6.07) is 25.8. The molecule has 5 rings (SSSR count). The summed E-state index contributed by atoms with van der Waals surface area (Å²) in [5.41, 5.74) is 1.19. The lowest BCUT2D eigenvalue weighted by Crippen LogP contribution is -2.38. The molecule has 250 valence electrons. The third-order valence-electron chi connectivity index (χ3n) is 7.96. The molecule has 3 aromatic carbocycles. The molecule has 1 N–H and O–H groups in total. The minimum absolute atomic E-state index is 0.155. The van der Waals surface area contributed by atoms with Crippen molar-refractivity contribution in [2.45, 2.75) is 51.2 Å². The number of hydrogen-bond donors (Lipinski definition) is 1. The lowest BCUT2D eigenvalue weighted by atomic mass is 9.80. The Morgan fingerprint density at radius 1 is 0.872 bits per heavy atom. The van der Waals surface area contributed by atoms with Gasteiger partial charge >= 0.3 is 5.69 Å². The van der Waals surface area contributed by atoms with Crippen molar-refractivity contribution in [3.8, 4) is 11.5 Å². The van der Waals surface area contributed by atoms with Crippen molar-refractivity contribution >= 4 is 29.3 Å². The van der Waals surface area contributed by atoms with E-state index in [1.807, 2.05) is 66.7 Å². The van der Waals surface area contributed by atoms with E-state index in [0.29, 0.717) is 12.0 Å². The fourth-order valence-corrected chi connectivity index (χ4v) is 11.8. The van der Waals surface area contributed by atoms with Crippen LogP contribution in [0, 0.1) is 6.92 Å². The van der Waals surface area contributed by atoms with Crippen LogP contribution in [0.1, 0.15) is 48.8 Å². The van der Waals surface area contributed by atoms with E-state index in [1.165, 1.54) is 4.57 Å². The number of ether oxygens (including phenoxy) is 4. The molecule has 1 aromatic heterocycles. The molecule has 0 saturated carbocycles. The second-order valence-electron chi connectivity index (χ2n) is 10.9. The third kappa shape index (κ3) is 7.99. The van der Waals surface area contributed by atoms with Crippen LogP contribution < -0.4 is 20.7 Å². The first-order chi connectivity index (χ1) is 22.8. The van der Waals surface area contributed by atoms with E-state index in [0.717, 1.165) is 39.7 Å². The zero-order chi connectivity index (χ0) is 33.4. The van der Waals surface area contributed by atoms with Crippen LogP contribution in [0.3, 0.4) is 0 Å². The number of rotatable bonds is 15. The Balaban J connectivity index is 1.57. The highest BCUT2D eigenvalue weighted by Crippen LogP contribution is 2.63. The lowest BCUT2D eigenvalue weighted by Gasteiger charge is -2.37. The van der Waals surface area contributed by atoms with Crippen LogP contribution in [0.2, 0.25) is 0 Å². The Kier molecular flexibility index (Phi) is 12.3. The first-order valence-corrected chi connectivity index (χ1v) is 20.0. The van der Waals surface area contributed by atoms with Gasteiger partial charge in [-0.25, -0.2) is 4.79 Å². The normalized spacial score (nSPS) is 18.0. The molecule has 12 heteroatoms. The lowest BCUT2D eigenvalue weighted by molar-refractivity contribution is -0.0905. The van der Waals surface area contributed by atoms with Gasteiger partial charge in [0.1, 0.15) is 29.4 Å². The third-order valence-corrected chi connectivity index (χ3v) is 14.6. The van der Waals surface area contributed by atoms with Crippen molar-refractivity contribution in [2.24, 2.45) is 0 Å². The smallest absolute Gasteiger partial charge is 0.330 e. The number of methoxy groups -OCH3 is 2. The molecular weight excluding hydrogens is 656 g/mol. The average Bonchev–Trinajstić information content (AvgIpc) is 3.49. The molecule has 0 aliphatic carbocycles. The zero-order valence-corrected chi connectivity index (χ0v) is 29.7. The van der Waals surface area contributed by atoms with Crippen molar-refractivity contribution in [2.75, 3.05) is 32.3 Å². The van der Waals surface area contributed by atoms with Gasteiger partial charge in [-0.15, -0.1) is 0 Å². The minimum atomic E-state index is -1.04. The molecule has 0 amide bonds. The predicted octanol–water partition coefficient (Wildman–Crippen LogP) is 7.28. The molecule has 9 nitrogen and oxygen atoms in total. The maximum Gasteiger partial charge on any atom is 0.330 e. The second-order valence-corrected chi connectivity index (χ2v) is 17.4. The van der Waals surface area contributed by atoms with E-state index >= 15 is 0 Å². The molecule has 0 bridgehead atoms. The van der Waals surface area contributed by atoms with Gasteiger partial charge in [0.05, 0.1) is 26.9 Å². The van der Waals surface area contributed by atoms with Gasteiger partial charge in [-0.1, -0.05) is 91.2 Å². The van der Waals surface area contributed by atoms with Crippen molar-refractivity contribution in [3.05, 3.63) is 128 Å². The number of nitrogens with one attached hydrogen (secondary N) is 1. The average molecular weight is 697 g/mol. The van der Waals surface area contributed by atoms with Gasteiger partial charge < -0.3 is 23.5 Å². The summed E-state index contributed by atoms with van der Waals surface area (Å²) in [5.74, 6) is 3.30. The van der Waals surface area contributed by atoms with E-state index in [2.05, 4.69) is 31.0 Å². The monoisotopic (exact) mass is 696 g/mol. The topological polar surface area (TPSA) is 101 Å². The van der Waals surface area contributed by atoms with Crippen LogP contribution in [0.25, 0.3) is 0 Å². The Morgan fingerprint density at radius 2 is 1.43 bits per heavy atom. The molecule has 0 unspecified atom stereocenters. The fraction of sp³-hybridized carbons (Fsp3) is 0.371. The van der Waals surface area contributed by atoms with Crippen LogP contribution in [0.15, 0.2) is 94.6 Å². The number of nitrogens with zero attached hydrogens (tertiary/aromatic N) is 1. The standard InChI is InChI=1S/C35H41N2O7PS2/c1-6-46-45(47-7-2)44-30-21-32(37-22-24(3)33(38)36-34(37)39)43-31(30)23-42-35(25-11-9-8-10-12-25,26-13-17-28(40-4)18-14-26)27-15-19-29(41-5)20-16-27/h8-20,22,30-32H,6-7,21,23H2,1-5H3,(H,36,38,39)/t30-,31+,32+/m0/s1. The molecule has 1 saturated heterocycles. The summed E-state index contributed by atoms with van der Waals surface area (Å²) < 4.78 is 33.0. The van der Waals surface area contributed by atoms with E-state index in [4.69, 9.17) is 23.5 Å². The number of benzene rings is 3. The first kappa shape index (κ1) is 35.3. The maximum atomic E-state index is 12.9. The van der Waals surface area contributed by atoms with Gasteiger partial charge in [0.2, 0.25) is 0 Å². The van der Waals surface area contributed by atoms with Gasteiger partial charge in [0, 0.05) is 18.2 Å². The molecule has 0 spiro atoms. The maximum absolute atomic E-state index is 12.9. The molecule has 47 heavy (non-hydrogen) atoms. The Hall–Kier alpha value is -3.05. The minimum Gasteiger partial charge on any atom is -0.497 e. The largest absolute Gasteiger partial charge is 0.497 e. The van der Waals surface area contributed by atoms with Crippen LogP contribution in [-0.4, -0.2) is 54.1 Å². The molecule has 4 aromatic rings. The van der Waals surface area contributed by atoms with Crippen molar-refractivity contribution in [1.82, 2.24) is 9.55 Å². The number of aryl methyl sites for hydroxylation is 1. The van der Waals surface area contributed by atoms with Gasteiger partial charge in [0.15, 0.2) is 6.55 Å². The first-order valence-electron chi connectivity index (χ1n) is 15.5. The van der Waals surface area contributed by atoms with Crippen molar-refractivity contribution in [3.63, 3.8) is 0 Å². The van der Waals surface area contributed by atoms with Gasteiger partial charge in [0.25, 0.3) is 5.56 Å². The molecule has 0 radical (unpaired) electrons. The number of H-pyrrole nitrogens is 1.